The van der Waals surface area contributed by atoms with Crippen LogP contribution in [-0.4, -0.2) is 120 Å². The highest BCUT2D eigenvalue weighted by atomic mass is 31.2. The van der Waals surface area contributed by atoms with Crippen LogP contribution < -0.4 is 15.7 Å². The van der Waals surface area contributed by atoms with E-state index in [9.17, 15) is 38.4 Å². The van der Waals surface area contributed by atoms with Gasteiger partial charge in [0.1, 0.15) is 42.1 Å². The number of nitrogens with one attached hydrogen (secondary N) is 3. The molecule has 17 nitrogen and oxygen atoms in total. The standard InChI is InChI=1S/C14H21FN3O8P.C11H15FN2O4/c1-7(12(21)22)17-27(23,24)25-6-9-11(20)14(3,15)13(26-9)18-5-4-10(19)16-8(18)2;1-6-13-8(16)3-4-14(6)10-11(2,12)9(17)7(5-15)18-10/h4-5,7,9,11,13,20H,2,6H2,1,3H3,(H,16,19)(H,21,22)(H2,17,23,24);3-4,7,9-10,15,17H,1,5H2,2H3,(H,13,16)/t7-,9+,11+,13?,14+;7-,9-,10-,11-/m01/s1. The molecule has 4 aliphatic rings. The zero-order chi connectivity index (χ0) is 34.1. The topological polar surface area (TPSA) is 240 Å². The van der Waals surface area contributed by atoms with Crippen molar-refractivity contribution in [3.63, 3.8) is 0 Å². The molecule has 4 rings (SSSR count). The number of alkyl halides is 2. The summed E-state index contributed by atoms with van der Waals surface area (Å²) in [6.45, 7) is 9.34. The van der Waals surface area contributed by atoms with Crippen molar-refractivity contribution in [2.45, 2.75) is 75.0 Å². The first-order valence-electron chi connectivity index (χ1n) is 13.3. The number of nitrogens with zero attached hydrogens (tertiary/aromatic N) is 2. The normalized spacial score (nSPS) is 36.6. The van der Waals surface area contributed by atoms with Gasteiger partial charge in [-0.15, -0.1) is 0 Å². The highest BCUT2D eigenvalue weighted by molar-refractivity contribution is 7.50. The van der Waals surface area contributed by atoms with E-state index in [1.807, 2.05) is 5.09 Å². The van der Waals surface area contributed by atoms with E-state index in [2.05, 4.69) is 23.8 Å². The average molecular weight is 668 g/mol. The molecule has 2 fully saturated rings. The van der Waals surface area contributed by atoms with Crippen LogP contribution in [0.5, 0.6) is 0 Å². The number of carboxylic acids is 1. The second-order valence-electron chi connectivity index (χ2n) is 10.8. The van der Waals surface area contributed by atoms with Crippen LogP contribution >= 0.6 is 7.75 Å². The number of aliphatic carboxylic acids is 1. The minimum Gasteiger partial charge on any atom is -0.480 e. The Balaban J connectivity index is 0.000000265. The Hall–Kier alpha value is -3.26. The lowest BCUT2D eigenvalue weighted by Crippen LogP contribution is -2.51. The lowest BCUT2D eigenvalue weighted by Gasteiger charge is -2.35. The summed E-state index contributed by atoms with van der Waals surface area (Å²) in [7, 11) is -4.54. The molecule has 0 spiro atoms. The maximum Gasteiger partial charge on any atom is 0.403 e. The molecule has 252 valence electrons. The molecule has 8 N–H and O–H groups in total. The highest BCUT2D eigenvalue weighted by Gasteiger charge is 2.58. The van der Waals surface area contributed by atoms with Crippen molar-refractivity contribution in [3.05, 3.63) is 49.4 Å². The summed E-state index contributed by atoms with van der Waals surface area (Å²) in [5, 5.41) is 44.3. The molecule has 0 saturated carbocycles. The van der Waals surface area contributed by atoms with Crippen LogP contribution in [0.15, 0.2) is 49.4 Å². The molecule has 0 aromatic heterocycles. The number of rotatable bonds is 9. The number of ether oxygens (including phenoxy) is 2. The van der Waals surface area contributed by atoms with Gasteiger partial charge in [0.05, 0.1) is 13.2 Å². The number of hydrogen-bond donors (Lipinski definition) is 8. The van der Waals surface area contributed by atoms with Gasteiger partial charge in [0.25, 0.3) is 11.8 Å². The summed E-state index contributed by atoms with van der Waals surface area (Å²) in [5.74, 6) is -2.03. The van der Waals surface area contributed by atoms with E-state index < -0.39 is 87.1 Å². The smallest absolute Gasteiger partial charge is 0.403 e. The van der Waals surface area contributed by atoms with E-state index in [-0.39, 0.29) is 17.5 Å². The van der Waals surface area contributed by atoms with Gasteiger partial charge in [-0.25, -0.2) is 18.4 Å². The van der Waals surface area contributed by atoms with Crippen LogP contribution in [0.4, 0.5) is 8.78 Å². The summed E-state index contributed by atoms with van der Waals surface area (Å²) >= 11 is 0. The Labute approximate surface area is 256 Å². The van der Waals surface area contributed by atoms with Crippen LogP contribution in [-0.2, 0) is 32.9 Å². The SMILES string of the molecule is C=C1NC(=O)C=CN1C1O[C@H](COP(=O)(O)N[C@@H](C)C(=O)O)[C@@H](O)[C@@]1(C)F.C=C1NC(=O)C=CN1[C@@H]1O[C@H](CO)[C@@H](O)[C@@]1(C)F. The van der Waals surface area contributed by atoms with Gasteiger partial charge in [0.15, 0.2) is 23.8 Å². The Bertz CT molecular complexity index is 1310. The quantitative estimate of drug-likeness (QED) is 0.132. The van der Waals surface area contributed by atoms with Crippen LogP contribution in [0, 0.1) is 0 Å². The Morgan fingerprint density at radius 3 is 1.84 bits per heavy atom. The molecule has 0 bridgehead atoms. The van der Waals surface area contributed by atoms with Crippen LogP contribution in [0.25, 0.3) is 0 Å². The van der Waals surface area contributed by atoms with Gasteiger partial charge in [-0.05, 0) is 20.8 Å². The largest absolute Gasteiger partial charge is 0.480 e. The lowest BCUT2D eigenvalue weighted by atomic mass is 9.98. The van der Waals surface area contributed by atoms with Crippen molar-refractivity contribution in [3.8, 4) is 0 Å². The average Bonchev–Trinajstić information content (AvgIpc) is 3.30. The highest BCUT2D eigenvalue weighted by Crippen LogP contribution is 2.42. The van der Waals surface area contributed by atoms with Crippen molar-refractivity contribution in [1.29, 1.82) is 0 Å². The first-order valence-corrected chi connectivity index (χ1v) is 14.9. The molecule has 0 aromatic carbocycles. The van der Waals surface area contributed by atoms with Crippen molar-refractivity contribution in [2.75, 3.05) is 13.2 Å². The van der Waals surface area contributed by atoms with Crippen molar-refractivity contribution < 1.29 is 67.0 Å². The molecular weight excluding hydrogens is 631 g/mol. The van der Waals surface area contributed by atoms with E-state index in [1.54, 1.807) is 0 Å². The predicted molar refractivity (Wildman–Crippen MR) is 148 cm³/mol. The second-order valence-corrected chi connectivity index (χ2v) is 12.3. The monoisotopic (exact) mass is 667 g/mol. The molecule has 2 amide bonds. The number of halogens is 2. The van der Waals surface area contributed by atoms with E-state index >= 15 is 4.39 Å². The number of aliphatic hydroxyl groups excluding tert-OH is 3. The second kappa shape index (κ2) is 13.6. The third-order valence-corrected chi connectivity index (χ3v) is 8.40. The predicted octanol–water partition coefficient (Wildman–Crippen LogP) is -1.39. The van der Waals surface area contributed by atoms with E-state index in [0.29, 0.717) is 0 Å². The van der Waals surface area contributed by atoms with Crippen molar-refractivity contribution in [2.24, 2.45) is 0 Å². The molecule has 45 heavy (non-hydrogen) atoms. The summed E-state index contributed by atoms with van der Waals surface area (Å²) in [5.41, 5.74) is -4.44. The lowest BCUT2D eigenvalue weighted by molar-refractivity contribution is -0.138. The Morgan fingerprint density at radius 1 is 1.04 bits per heavy atom. The Kier molecular flexibility index (Phi) is 11.0. The maximum absolute atomic E-state index is 15.0. The number of carbonyl (C=O) groups is 3. The van der Waals surface area contributed by atoms with E-state index in [1.165, 1.54) is 30.3 Å². The van der Waals surface area contributed by atoms with Crippen molar-refractivity contribution >= 4 is 25.5 Å². The molecule has 4 aliphatic heterocycles. The fourth-order valence-corrected chi connectivity index (χ4v) is 5.66. The summed E-state index contributed by atoms with van der Waals surface area (Å²) in [4.78, 5) is 45.2. The molecule has 0 radical (unpaired) electrons. The zero-order valence-electron chi connectivity index (χ0n) is 24.4. The Morgan fingerprint density at radius 2 is 1.47 bits per heavy atom. The van der Waals surface area contributed by atoms with E-state index in [4.69, 9.17) is 24.2 Å². The van der Waals surface area contributed by atoms with Gasteiger partial charge in [-0.3, -0.25) is 18.9 Å². The van der Waals surface area contributed by atoms with Crippen molar-refractivity contribution in [1.82, 2.24) is 25.5 Å². The van der Waals surface area contributed by atoms with Crippen LogP contribution in [0.2, 0.25) is 0 Å². The zero-order valence-corrected chi connectivity index (χ0v) is 25.3. The number of aliphatic hydroxyl groups is 3. The maximum atomic E-state index is 15.0. The van der Waals surface area contributed by atoms with Gasteiger partial charge < -0.3 is 55.2 Å². The number of hydrogen-bond acceptors (Lipinski definition) is 12. The molecule has 4 heterocycles. The number of amides is 2. The summed E-state index contributed by atoms with van der Waals surface area (Å²) in [6, 6.07) is -1.38. The minimum absolute atomic E-state index is 0.0231. The number of carboxylic acid groups (broad SMARTS) is 1. The first-order chi connectivity index (χ1) is 20.7. The molecular formula is C25H36F2N5O12P. The van der Waals surface area contributed by atoms with Gasteiger partial charge in [-0.2, -0.15) is 0 Å². The molecule has 10 atom stereocenters. The van der Waals surface area contributed by atoms with Gasteiger partial charge in [-0.1, -0.05) is 13.2 Å². The molecule has 0 aromatic rings. The first kappa shape index (κ1) is 36.2. The minimum atomic E-state index is -4.54. The third-order valence-electron chi connectivity index (χ3n) is 7.19. The van der Waals surface area contributed by atoms with Crippen LogP contribution in [0.3, 0.4) is 0 Å². The fourth-order valence-electron chi connectivity index (χ4n) is 4.64. The molecule has 20 heteroatoms. The summed E-state index contributed by atoms with van der Waals surface area (Å²) < 4.78 is 56.8. The molecule has 2 unspecified atom stereocenters. The van der Waals surface area contributed by atoms with Gasteiger partial charge in [0, 0.05) is 24.6 Å². The molecule has 2 saturated heterocycles. The molecule has 0 aliphatic carbocycles. The van der Waals surface area contributed by atoms with Crippen LogP contribution in [0.1, 0.15) is 20.8 Å². The van der Waals surface area contributed by atoms with E-state index in [0.717, 1.165) is 24.8 Å². The fraction of sp³-hybridized carbons (Fsp3) is 0.560. The van der Waals surface area contributed by atoms with Gasteiger partial charge in [0.2, 0.25) is 0 Å². The third kappa shape index (κ3) is 7.94. The number of carbonyl (C=O) groups excluding carboxylic acids is 2. The van der Waals surface area contributed by atoms with Gasteiger partial charge >= 0.3 is 13.7 Å². The summed E-state index contributed by atoms with van der Waals surface area (Å²) in [6.07, 6.45) is -3.22.